The van der Waals surface area contributed by atoms with Crippen LogP contribution in [-0.2, 0) is 4.79 Å². The molecule has 2 heterocycles. The number of aromatic nitrogens is 2. The molecule has 1 atom stereocenters. The number of rotatable bonds is 2. The predicted octanol–water partition coefficient (Wildman–Crippen LogP) is -0.267. The number of carbonyl (C=O) groups is 2. The lowest BCUT2D eigenvalue weighted by Crippen LogP contribution is -2.49. The zero-order valence-corrected chi connectivity index (χ0v) is 10.3. The first-order chi connectivity index (χ1) is 8.56. The maximum Gasteiger partial charge on any atom is 0.272 e. The first-order valence-corrected chi connectivity index (χ1v) is 5.93. The van der Waals surface area contributed by atoms with Gasteiger partial charge in [0.1, 0.15) is 11.5 Å². The van der Waals surface area contributed by atoms with Crippen LogP contribution in [0.4, 0.5) is 5.82 Å². The fourth-order valence-corrected chi connectivity index (χ4v) is 2.18. The molecule has 2 amide bonds. The van der Waals surface area contributed by atoms with Gasteiger partial charge < -0.3 is 16.0 Å². The Labute approximate surface area is 105 Å². The van der Waals surface area contributed by atoms with E-state index in [9.17, 15) is 9.59 Å². The van der Waals surface area contributed by atoms with Gasteiger partial charge in [0.05, 0.1) is 0 Å². The summed E-state index contributed by atoms with van der Waals surface area (Å²) in [6.45, 7) is 2.70. The number of nitrogens with one attached hydrogen (secondary N) is 2. The van der Waals surface area contributed by atoms with Gasteiger partial charge in [0.15, 0.2) is 0 Å². The fraction of sp³-hybridized carbons (Fsp3) is 0.545. The van der Waals surface area contributed by atoms with Gasteiger partial charge in [-0.3, -0.25) is 14.7 Å². The highest BCUT2D eigenvalue weighted by molar-refractivity contribution is 5.93. The Morgan fingerprint density at radius 3 is 3.00 bits per heavy atom. The minimum absolute atomic E-state index is 0.0282. The molecule has 1 aliphatic rings. The number of nitrogens with zero attached hydrogens (tertiary/aromatic N) is 2. The summed E-state index contributed by atoms with van der Waals surface area (Å²) < 4.78 is 0. The van der Waals surface area contributed by atoms with Crippen molar-refractivity contribution in [3.63, 3.8) is 0 Å². The van der Waals surface area contributed by atoms with Crippen LogP contribution in [-0.4, -0.2) is 46.0 Å². The Morgan fingerprint density at radius 1 is 1.61 bits per heavy atom. The van der Waals surface area contributed by atoms with E-state index in [0.29, 0.717) is 24.6 Å². The van der Waals surface area contributed by atoms with E-state index in [0.717, 1.165) is 12.8 Å². The molecular weight excluding hydrogens is 234 g/mol. The molecule has 2 rings (SSSR count). The molecule has 7 nitrogen and oxygen atoms in total. The SMILES string of the molecule is CC(=O)NC1CCCN(C(=O)c2cc(N)n[nH]2)C1. The van der Waals surface area contributed by atoms with Crippen LogP contribution in [0.25, 0.3) is 0 Å². The van der Waals surface area contributed by atoms with E-state index in [1.807, 2.05) is 0 Å². The van der Waals surface area contributed by atoms with Crippen molar-refractivity contribution in [1.82, 2.24) is 20.4 Å². The minimum atomic E-state index is -0.130. The summed E-state index contributed by atoms with van der Waals surface area (Å²) in [6, 6.07) is 1.55. The highest BCUT2D eigenvalue weighted by Gasteiger charge is 2.25. The molecule has 0 saturated carbocycles. The number of anilines is 1. The van der Waals surface area contributed by atoms with Crippen LogP contribution in [0.2, 0.25) is 0 Å². The molecule has 7 heteroatoms. The number of H-pyrrole nitrogens is 1. The molecule has 1 aliphatic heterocycles. The summed E-state index contributed by atoms with van der Waals surface area (Å²) in [5.74, 6) is 0.100. The van der Waals surface area contributed by atoms with Crippen molar-refractivity contribution < 1.29 is 9.59 Å². The Morgan fingerprint density at radius 2 is 2.39 bits per heavy atom. The highest BCUT2D eigenvalue weighted by atomic mass is 16.2. The van der Waals surface area contributed by atoms with Gasteiger partial charge in [-0.1, -0.05) is 0 Å². The number of carbonyl (C=O) groups excluding carboxylic acids is 2. The van der Waals surface area contributed by atoms with E-state index >= 15 is 0 Å². The standard InChI is InChI=1S/C11H17N5O2/c1-7(17)13-8-3-2-4-16(6-8)11(18)9-5-10(12)15-14-9/h5,8H,2-4,6H2,1H3,(H,13,17)(H3,12,14,15). The molecule has 0 bridgehead atoms. The summed E-state index contributed by atoms with van der Waals surface area (Å²) in [5, 5.41) is 9.18. The number of aromatic amines is 1. The molecule has 0 spiro atoms. The zero-order chi connectivity index (χ0) is 13.1. The van der Waals surface area contributed by atoms with E-state index in [-0.39, 0.29) is 17.9 Å². The number of piperidine rings is 1. The van der Waals surface area contributed by atoms with Crippen LogP contribution in [0.1, 0.15) is 30.3 Å². The van der Waals surface area contributed by atoms with E-state index in [1.54, 1.807) is 4.90 Å². The number of hydrogen-bond donors (Lipinski definition) is 3. The summed E-state index contributed by atoms with van der Waals surface area (Å²) in [6.07, 6.45) is 1.77. The summed E-state index contributed by atoms with van der Waals surface area (Å²) >= 11 is 0. The van der Waals surface area contributed by atoms with Crippen LogP contribution >= 0.6 is 0 Å². The topological polar surface area (TPSA) is 104 Å². The van der Waals surface area contributed by atoms with Gasteiger partial charge in [-0.15, -0.1) is 0 Å². The molecule has 18 heavy (non-hydrogen) atoms. The summed E-state index contributed by atoms with van der Waals surface area (Å²) in [5.41, 5.74) is 5.85. The number of hydrogen-bond acceptors (Lipinski definition) is 4. The fourth-order valence-electron chi connectivity index (χ4n) is 2.18. The molecule has 1 unspecified atom stereocenters. The van der Waals surface area contributed by atoms with Crippen LogP contribution < -0.4 is 11.1 Å². The largest absolute Gasteiger partial charge is 0.382 e. The molecule has 1 saturated heterocycles. The van der Waals surface area contributed by atoms with Crippen molar-refractivity contribution in [2.45, 2.75) is 25.8 Å². The molecule has 0 aromatic carbocycles. The maximum atomic E-state index is 12.1. The quantitative estimate of drug-likeness (QED) is 0.673. The third-order valence-corrected chi connectivity index (χ3v) is 2.94. The van der Waals surface area contributed by atoms with Gasteiger partial charge in [-0.2, -0.15) is 5.10 Å². The second-order valence-electron chi connectivity index (χ2n) is 4.50. The van der Waals surface area contributed by atoms with Crippen molar-refractivity contribution in [2.75, 3.05) is 18.8 Å². The Hall–Kier alpha value is -2.05. The van der Waals surface area contributed by atoms with Crippen molar-refractivity contribution in [3.05, 3.63) is 11.8 Å². The molecular formula is C11H17N5O2. The molecule has 1 fully saturated rings. The minimum Gasteiger partial charge on any atom is -0.382 e. The number of nitrogens with two attached hydrogens (primary N) is 1. The third-order valence-electron chi connectivity index (χ3n) is 2.94. The van der Waals surface area contributed by atoms with Crippen molar-refractivity contribution >= 4 is 17.6 Å². The van der Waals surface area contributed by atoms with Gasteiger partial charge in [-0.25, -0.2) is 0 Å². The first-order valence-electron chi connectivity index (χ1n) is 5.93. The zero-order valence-electron chi connectivity index (χ0n) is 10.3. The van der Waals surface area contributed by atoms with Gasteiger partial charge in [-0.05, 0) is 12.8 Å². The molecule has 4 N–H and O–H groups in total. The summed E-state index contributed by atoms with van der Waals surface area (Å²) in [7, 11) is 0. The monoisotopic (exact) mass is 251 g/mol. The van der Waals surface area contributed by atoms with Crippen LogP contribution in [0.15, 0.2) is 6.07 Å². The molecule has 1 aromatic rings. The number of likely N-dealkylation sites (tertiary alicyclic amines) is 1. The molecule has 98 valence electrons. The Bertz CT molecular complexity index is 456. The van der Waals surface area contributed by atoms with Crippen LogP contribution in [0.5, 0.6) is 0 Å². The second kappa shape index (κ2) is 5.07. The number of nitrogen functional groups attached to an aromatic ring is 1. The van der Waals surface area contributed by atoms with E-state index in [2.05, 4.69) is 15.5 Å². The first kappa shape index (κ1) is 12.4. The summed E-state index contributed by atoms with van der Waals surface area (Å²) in [4.78, 5) is 24.9. The lowest BCUT2D eigenvalue weighted by atomic mass is 10.1. The van der Waals surface area contributed by atoms with Crippen molar-refractivity contribution in [2.24, 2.45) is 0 Å². The second-order valence-corrected chi connectivity index (χ2v) is 4.50. The number of amides is 2. The molecule has 0 aliphatic carbocycles. The van der Waals surface area contributed by atoms with Crippen LogP contribution in [0, 0.1) is 0 Å². The van der Waals surface area contributed by atoms with Gasteiger partial charge in [0.2, 0.25) is 5.91 Å². The Balaban J connectivity index is 2.00. The maximum absolute atomic E-state index is 12.1. The van der Waals surface area contributed by atoms with Crippen molar-refractivity contribution in [1.29, 1.82) is 0 Å². The van der Waals surface area contributed by atoms with E-state index in [4.69, 9.17) is 5.73 Å². The van der Waals surface area contributed by atoms with Crippen LogP contribution in [0.3, 0.4) is 0 Å². The normalized spacial score (nSPS) is 19.6. The lowest BCUT2D eigenvalue weighted by Gasteiger charge is -2.32. The lowest BCUT2D eigenvalue weighted by molar-refractivity contribution is -0.120. The molecule has 1 aromatic heterocycles. The van der Waals surface area contributed by atoms with Gasteiger partial charge in [0, 0.05) is 32.1 Å². The molecule has 0 radical (unpaired) electrons. The van der Waals surface area contributed by atoms with Gasteiger partial charge >= 0.3 is 0 Å². The highest BCUT2D eigenvalue weighted by Crippen LogP contribution is 2.13. The average Bonchev–Trinajstić information content (AvgIpc) is 2.74. The third kappa shape index (κ3) is 2.79. The Kier molecular flexibility index (Phi) is 3.50. The smallest absolute Gasteiger partial charge is 0.272 e. The van der Waals surface area contributed by atoms with Crippen molar-refractivity contribution in [3.8, 4) is 0 Å². The predicted molar refractivity (Wildman–Crippen MR) is 65.7 cm³/mol. The van der Waals surface area contributed by atoms with E-state index in [1.165, 1.54) is 13.0 Å². The van der Waals surface area contributed by atoms with Gasteiger partial charge in [0.25, 0.3) is 5.91 Å². The van der Waals surface area contributed by atoms with E-state index < -0.39 is 0 Å². The average molecular weight is 251 g/mol.